The molecule has 0 unspecified atom stereocenters. The van der Waals surface area contributed by atoms with Gasteiger partial charge in [-0.05, 0) is 50.1 Å². The molecule has 2 aromatic rings. The molecule has 1 N–H and O–H groups in total. The summed E-state index contributed by atoms with van der Waals surface area (Å²) in [6.07, 6.45) is 0. The number of benzene rings is 2. The highest BCUT2D eigenvalue weighted by molar-refractivity contribution is 7.92. The summed E-state index contributed by atoms with van der Waals surface area (Å²) in [5.41, 5.74) is 2.45. The Morgan fingerprint density at radius 1 is 1.13 bits per heavy atom. The molecule has 8 nitrogen and oxygen atoms in total. The third-order valence-electron chi connectivity index (χ3n) is 4.66. The lowest BCUT2D eigenvalue weighted by Crippen LogP contribution is -2.42. The van der Waals surface area contributed by atoms with Gasteiger partial charge in [-0.15, -0.1) is 0 Å². The molecule has 1 aliphatic heterocycles. The maximum Gasteiger partial charge on any atom is 0.240 e. The van der Waals surface area contributed by atoms with Gasteiger partial charge < -0.3 is 19.5 Å². The third-order valence-corrected chi connectivity index (χ3v) is 6.40. The molecule has 0 aromatic heterocycles. The number of hydrogen-bond donors (Lipinski definition) is 1. The second-order valence-electron chi connectivity index (χ2n) is 6.91. The van der Waals surface area contributed by atoms with E-state index in [1.807, 2.05) is 32.0 Å². The van der Waals surface area contributed by atoms with Crippen molar-refractivity contribution in [2.75, 3.05) is 36.5 Å². The van der Waals surface area contributed by atoms with Crippen LogP contribution in [0.25, 0.3) is 0 Å². The van der Waals surface area contributed by atoms with E-state index >= 15 is 0 Å². The summed E-state index contributed by atoms with van der Waals surface area (Å²) in [5.74, 6) is 1.20. The number of hydrogen-bond acceptors (Lipinski definition) is 6. The highest BCUT2D eigenvalue weighted by atomic mass is 32.2. The Morgan fingerprint density at radius 2 is 1.90 bits per heavy atom. The van der Waals surface area contributed by atoms with Gasteiger partial charge in [0, 0.05) is 6.07 Å². The molecule has 0 spiro atoms. The number of anilines is 1. The predicted octanol–water partition coefficient (Wildman–Crippen LogP) is 2.38. The van der Waals surface area contributed by atoms with Crippen LogP contribution >= 0.6 is 0 Å². The predicted molar refractivity (Wildman–Crippen MR) is 114 cm³/mol. The first kappa shape index (κ1) is 21.8. The molecule has 1 aliphatic rings. The van der Waals surface area contributed by atoms with Crippen molar-refractivity contribution in [3.63, 3.8) is 0 Å². The highest BCUT2D eigenvalue weighted by Gasteiger charge is 2.25. The molecule has 2 aromatic carbocycles. The Bertz CT molecular complexity index is 1020. The van der Waals surface area contributed by atoms with Crippen LogP contribution in [0.5, 0.6) is 17.2 Å². The zero-order valence-corrected chi connectivity index (χ0v) is 18.1. The van der Waals surface area contributed by atoms with E-state index in [9.17, 15) is 13.2 Å². The first-order valence-electron chi connectivity index (χ1n) is 9.67. The average Bonchev–Trinajstić information content (AvgIpc) is 3.19. The average molecular weight is 435 g/mol. The normalized spacial score (nSPS) is 12.5. The van der Waals surface area contributed by atoms with E-state index in [-0.39, 0.29) is 32.2 Å². The molecule has 162 valence electrons. The van der Waals surface area contributed by atoms with Crippen LogP contribution in [-0.2, 0) is 14.8 Å². The Morgan fingerprint density at radius 3 is 2.67 bits per heavy atom. The zero-order valence-electron chi connectivity index (χ0n) is 17.3. The van der Waals surface area contributed by atoms with Crippen molar-refractivity contribution in [2.24, 2.45) is 0 Å². The minimum absolute atomic E-state index is 0.0835. The SMILES string of the molecule is CCS(=O)(=O)N(CC(=O)NCCOc1cc(C)ccc1C)c1ccc2c(c1)OCO2. The van der Waals surface area contributed by atoms with Gasteiger partial charge in [-0.3, -0.25) is 9.10 Å². The third kappa shape index (κ3) is 5.15. The molecule has 0 bridgehead atoms. The number of carbonyl (C=O) groups is 1. The maximum absolute atomic E-state index is 12.6. The van der Waals surface area contributed by atoms with E-state index in [1.165, 1.54) is 6.92 Å². The molecular formula is C21H26N2O6S. The smallest absolute Gasteiger partial charge is 0.240 e. The first-order chi connectivity index (χ1) is 14.3. The van der Waals surface area contributed by atoms with Gasteiger partial charge in [0.25, 0.3) is 0 Å². The summed E-state index contributed by atoms with van der Waals surface area (Å²) >= 11 is 0. The number of fused-ring (bicyclic) bond motifs is 1. The molecule has 1 amide bonds. The Balaban J connectivity index is 1.60. The van der Waals surface area contributed by atoms with Crippen LogP contribution in [0.15, 0.2) is 36.4 Å². The van der Waals surface area contributed by atoms with Crippen molar-refractivity contribution in [1.82, 2.24) is 5.32 Å². The number of nitrogens with one attached hydrogen (secondary N) is 1. The number of aryl methyl sites for hydroxylation is 2. The minimum atomic E-state index is -3.66. The second kappa shape index (κ2) is 9.25. The lowest BCUT2D eigenvalue weighted by Gasteiger charge is -2.23. The van der Waals surface area contributed by atoms with Crippen LogP contribution in [0.4, 0.5) is 5.69 Å². The molecule has 3 rings (SSSR count). The van der Waals surface area contributed by atoms with E-state index < -0.39 is 15.9 Å². The quantitative estimate of drug-likeness (QED) is 0.609. The van der Waals surface area contributed by atoms with E-state index in [1.54, 1.807) is 18.2 Å². The number of carbonyl (C=O) groups excluding carboxylic acids is 1. The van der Waals surface area contributed by atoms with Crippen LogP contribution in [0.2, 0.25) is 0 Å². The van der Waals surface area contributed by atoms with Crippen LogP contribution in [-0.4, -0.2) is 46.6 Å². The van der Waals surface area contributed by atoms with Crippen molar-refractivity contribution in [2.45, 2.75) is 20.8 Å². The number of nitrogens with zero attached hydrogens (tertiary/aromatic N) is 1. The number of sulfonamides is 1. The van der Waals surface area contributed by atoms with Crippen LogP contribution in [0.3, 0.4) is 0 Å². The summed E-state index contributed by atoms with van der Waals surface area (Å²) in [6, 6.07) is 10.7. The summed E-state index contributed by atoms with van der Waals surface area (Å²) in [4.78, 5) is 12.4. The fourth-order valence-corrected chi connectivity index (χ4v) is 4.01. The van der Waals surface area contributed by atoms with Gasteiger partial charge in [-0.25, -0.2) is 8.42 Å². The number of ether oxygens (including phenoxy) is 3. The van der Waals surface area contributed by atoms with E-state index in [0.717, 1.165) is 21.2 Å². The minimum Gasteiger partial charge on any atom is -0.491 e. The first-order valence-corrected chi connectivity index (χ1v) is 11.3. The van der Waals surface area contributed by atoms with Crippen LogP contribution in [0, 0.1) is 13.8 Å². The lowest BCUT2D eigenvalue weighted by molar-refractivity contribution is -0.119. The Hall–Kier alpha value is -2.94. The fourth-order valence-electron chi connectivity index (χ4n) is 2.95. The molecular weight excluding hydrogens is 408 g/mol. The molecule has 0 atom stereocenters. The van der Waals surface area contributed by atoms with Gasteiger partial charge in [0.2, 0.25) is 22.7 Å². The summed E-state index contributed by atoms with van der Waals surface area (Å²) in [6.45, 7) is 5.75. The van der Waals surface area contributed by atoms with Crippen molar-refractivity contribution in [3.8, 4) is 17.2 Å². The molecule has 1 heterocycles. The molecule has 0 radical (unpaired) electrons. The van der Waals surface area contributed by atoms with Gasteiger partial charge in [-0.1, -0.05) is 12.1 Å². The van der Waals surface area contributed by atoms with Gasteiger partial charge in [-0.2, -0.15) is 0 Å². The lowest BCUT2D eigenvalue weighted by atomic mass is 10.1. The standard InChI is InChI=1S/C21H26N2O6S/c1-4-30(25,26)23(17-7-8-18-20(12-17)29-14-28-18)13-21(24)22-9-10-27-19-11-15(2)5-6-16(19)3/h5-8,11-12H,4,9-10,13-14H2,1-3H3,(H,22,24). The fraction of sp³-hybridized carbons (Fsp3) is 0.381. The number of rotatable bonds is 9. The van der Waals surface area contributed by atoms with Crippen molar-refractivity contribution >= 4 is 21.6 Å². The molecule has 0 aliphatic carbocycles. The van der Waals surface area contributed by atoms with Gasteiger partial charge in [0.05, 0.1) is 18.0 Å². The zero-order chi connectivity index (χ0) is 21.7. The summed E-state index contributed by atoms with van der Waals surface area (Å²) < 4.78 is 42.5. The van der Waals surface area contributed by atoms with Gasteiger partial charge in [0.1, 0.15) is 18.9 Å². The van der Waals surface area contributed by atoms with Crippen molar-refractivity contribution in [1.29, 1.82) is 0 Å². The maximum atomic E-state index is 12.6. The summed E-state index contributed by atoms with van der Waals surface area (Å²) in [7, 11) is -3.66. The highest BCUT2D eigenvalue weighted by Crippen LogP contribution is 2.36. The molecule has 9 heteroatoms. The van der Waals surface area contributed by atoms with Crippen molar-refractivity contribution in [3.05, 3.63) is 47.5 Å². The molecule has 0 fully saturated rings. The summed E-state index contributed by atoms with van der Waals surface area (Å²) in [5, 5.41) is 2.71. The van der Waals surface area contributed by atoms with Crippen LogP contribution in [0.1, 0.15) is 18.1 Å². The van der Waals surface area contributed by atoms with E-state index in [0.29, 0.717) is 17.2 Å². The van der Waals surface area contributed by atoms with Gasteiger partial charge >= 0.3 is 0 Å². The van der Waals surface area contributed by atoms with Gasteiger partial charge in [0.15, 0.2) is 11.5 Å². The largest absolute Gasteiger partial charge is 0.491 e. The second-order valence-corrected chi connectivity index (χ2v) is 9.09. The van der Waals surface area contributed by atoms with E-state index in [2.05, 4.69) is 5.32 Å². The Kier molecular flexibility index (Phi) is 6.71. The Labute approximate surface area is 176 Å². The molecule has 0 saturated heterocycles. The number of amides is 1. The van der Waals surface area contributed by atoms with Crippen molar-refractivity contribution < 1.29 is 27.4 Å². The van der Waals surface area contributed by atoms with Crippen LogP contribution < -0.4 is 23.8 Å². The van der Waals surface area contributed by atoms with E-state index in [4.69, 9.17) is 14.2 Å². The topological polar surface area (TPSA) is 94.2 Å². The molecule has 30 heavy (non-hydrogen) atoms. The molecule has 0 saturated carbocycles. The monoisotopic (exact) mass is 434 g/mol.